The van der Waals surface area contributed by atoms with Crippen molar-refractivity contribution in [3.8, 4) is 11.1 Å². The highest BCUT2D eigenvalue weighted by molar-refractivity contribution is 5.65. The Morgan fingerprint density at radius 1 is 0.694 bits per heavy atom. The molecule has 0 aliphatic heterocycles. The molecule has 1 N–H and O–H groups in total. The molecule has 0 fully saturated rings. The fourth-order valence-corrected chi connectivity index (χ4v) is 4.30. The molecule has 0 amide bonds. The van der Waals surface area contributed by atoms with Crippen molar-refractivity contribution in [2.45, 2.75) is 104 Å². The minimum atomic E-state index is -2.20. The molecule has 0 bridgehead atoms. The van der Waals surface area contributed by atoms with Crippen LogP contribution in [0.2, 0.25) is 0 Å². The summed E-state index contributed by atoms with van der Waals surface area (Å²) in [5, 5.41) is 11.5. The van der Waals surface area contributed by atoms with Gasteiger partial charge in [-0.3, -0.25) is 0 Å². The second-order valence-electron chi connectivity index (χ2n) is 9.64. The van der Waals surface area contributed by atoms with Crippen molar-refractivity contribution >= 4 is 0 Å². The normalized spacial score (nSPS) is 13.1. The minimum absolute atomic E-state index is 0.178. The van der Waals surface area contributed by atoms with E-state index in [2.05, 4.69) is 6.92 Å². The minimum Gasteiger partial charge on any atom is -0.343 e. The van der Waals surface area contributed by atoms with Crippen molar-refractivity contribution in [1.29, 1.82) is 0 Å². The van der Waals surface area contributed by atoms with Gasteiger partial charge in [0.1, 0.15) is 0 Å². The van der Waals surface area contributed by atoms with Crippen LogP contribution >= 0.6 is 0 Å². The van der Waals surface area contributed by atoms with Crippen LogP contribution in [-0.4, -0.2) is 23.3 Å². The van der Waals surface area contributed by atoms with E-state index in [9.17, 15) is 27.1 Å². The first kappa shape index (κ1) is 30.2. The van der Waals surface area contributed by atoms with Crippen LogP contribution in [0, 0.1) is 29.1 Å². The van der Waals surface area contributed by atoms with Gasteiger partial charge in [0.15, 0.2) is 23.3 Å². The Bertz CT molecular complexity index is 937. The van der Waals surface area contributed by atoms with Crippen LogP contribution in [0.4, 0.5) is 22.0 Å². The highest BCUT2D eigenvalue weighted by Gasteiger charge is 2.42. The molecule has 0 saturated carbocycles. The second-order valence-corrected chi connectivity index (χ2v) is 9.64. The number of rotatable bonds is 14. The first-order valence-corrected chi connectivity index (χ1v) is 12.6. The highest BCUT2D eigenvalue weighted by atomic mass is 19.2. The first-order chi connectivity index (χ1) is 16.9. The van der Waals surface area contributed by atoms with Crippen molar-refractivity contribution in [2.24, 2.45) is 0 Å². The predicted octanol–water partition coefficient (Wildman–Crippen LogP) is 8.38. The summed E-state index contributed by atoms with van der Waals surface area (Å²) in [4.78, 5) is 0. The number of hydrogen-bond acceptors (Lipinski definition) is 3. The lowest BCUT2D eigenvalue weighted by Gasteiger charge is -2.38. The zero-order chi connectivity index (χ0) is 27.0. The molecule has 1 unspecified atom stereocenters. The van der Waals surface area contributed by atoms with E-state index in [4.69, 9.17) is 9.47 Å². The first-order valence-electron chi connectivity index (χ1n) is 12.6. The van der Waals surface area contributed by atoms with Crippen LogP contribution in [0.15, 0.2) is 24.3 Å². The Morgan fingerprint density at radius 2 is 1.14 bits per heavy atom. The van der Waals surface area contributed by atoms with Crippen LogP contribution in [0.1, 0.15) is 91.0 Å². The molecule has 36 heavy (non-hydrogen) atoms. The van der Waals surface area contributed by atoms with Gasteiger partial charge in [-0.15, -0.1) is 0 Å². The van der Waals surface area contributed by atoms with Crippen LogP contribution in [-0.2, 0) is 9.47 Å². The largest absolute Gasteiger partial charge is 0.343 e. The van der Waals surface area contributed by atoms with Crippen LogP contribution < -0.4 is 0 Å². The number of aliphatic hydroxyl groups is 1. The third-order valence-electron chi connectivity index (χ3n) is 5.91. The van der Waals surface area contributed by atoms with Crippen molar-refractivity contribution in [3.05, 3.63) is 58.9 Å². The average Bonchev–Trinajstić information content (AvgIpc) is 2.80. The van der Waals surface area contributed by atoms with Crippen molar-refractivity contribution < 1.29 is 36.5 Å². The standard InChI is InChI=1S/C28H37F5O3/c1-6-7-8-9-10-11-12-21(28(34,35-17(2)3)36-18(4)5)19-13-15-20(16-14-19)22-23(29)25(31)27(33)26(32)24(22)30/h13-18,21,34H,6-12H2,1-5H3. The topological polar surface area (TPSA) is 38.7 Å². The molecule has 3 nitrogen and oxygen atoms in total. The fourth-order valence-electron chi connectivity index (χ4n) is 4.30. The maximum absolute atomic E-state index is 14.3. The molecule has 0 aliphatic carbocycles. The molecule has 1 atom stereocenters. The molecular weight excluding hydrogens is 479 g/mol. The lowest BCUT2D eigenvalue weighted by molar-refractivity contribution is -0.393. The van der Waals surface area contributed by atoms with Crippen LogP contribution in [0.3, 0.4) is 0 Å². The van der Waals surface area contributed by atoms with Gasteiger partial charge < -0.3 is 14.6 Å². The van der Waals surface area contributed by atoms with Gasteiger partial charge >= 0.3 is 0 Å². The molecule has 0 heterocycles. The molecule has 0 spiro atoms. The van der Waals surface area contributed by atoms with Crippen molar-refractivity contribution in [3.63, 3.8) is 0 Å². The van der Waals surface area contributed by atoms with Gasteiger partial charge in [0.05, 0.1) is 23.7 Å². The third kappa shape index (κ3) is 7.49. The Balaban J connectivity index is 2.43. The summed E-state index contributed by atoms with van der Waals surface area (Å²) in [7, 11) is 0. The van der Waals surface area contributed by atoms with E-state index in [0.717, 1.165) is 38.5 Å². The van der Waals surface area contributed by atoms with E-state index in [1.165, 1.54) is 24.3 Å². The molecule has 0 aliphatic rings. The molecule has 202 valence electrons. The van der Waals surface area contributed by atoms with Crippen LogP contribution in [0.5, 0.6) is 0 Å². The number of benzene rings is 2. The molecule has 8 heteroatoms. The van der Waals surface area contributed by atoms with E-state index in [1.807, 2.05) is 0 Å². The summed E-state index contributed by atoms with van der Waals surface area (Å²) in [5.41, 5.74) is -0.625. The monoisotopic (exact) mass is 516 g/mol. The summed E-state index contributed by atoms with van der Waals surface area (Å²) >= 11 is 0. The molecule has 0 saturated heterocycles. The van der Waals surface area contributed by atoms with E-state index >= 15 is 0 Å². The number of hydrogen-bond donors (Lipinski definition) is 1. The summed E-state index contributed by atoms with van der Waals surface area (Å²) in [6.07, 6.45) is 5.94. The smallest absolute Gasteiger partial charge is 0.288 e. The second kappa shape index (κ2) is 13.5. The number of ether oxygens (including phenoxy) is 2. The number of halogens is 5. The molecule has 2 aromatic rings. The Kier molecular flexibility index (Phi) is 11.3. The summed E-state index contributed by atoms with van der Waals surface area (Å²) < 4.78 is 81.2. The molecule has 2 rings (SSSR count). The average molecular weight is 517 g/mol. The summed E-state index contributed by atoms with van der Waals surface area (Å²) in [6, 6.07) is 5.53. The maximum atomic E-state index is 14.3. The summed E-state index contributed by atoms with van der Waals surface area (Å²) in [5.74, 6) is -12.6. The lowest BCUT2D eigenvalue weighted by Crippen LogP contribution is -2.45. The van der Waals surface area contributed by atoms with E-state index in [0.29, 0.717) is 12.0 Å². The number of unbranched alkanes of at least 4 members (excludes halogenated alkanes) is 5. The maximum Gasteiger partial charge on any atom is 0.288 e. The van der Waals surface area contributed by atoms with Gasteiger partial charge in [-0.2, -0.15) is 0 Å². The highest BCUT2D eigenvalue weighted by Crippen LogP contribution is 2.39. The van der Waals surface area contributed by atoms with Crippen molar-refractivity contribution in [1.82, 2.24) is 0 Å². The van der Waals surface area contributed by atoms with E-state index in [1.54, 1.807) is 27.7 Å². The van der Waals surface area contributed by atoms with Crippen LogP contribution in [0.25, 0.3) is 11.1 Å². The van der Waals surface area contributed by atoms with Gasteiger partial charge in [-0.25, -0.2) is 22.0 Å². The molecule has 0 aromatic heterocycles. The zero-order valence-electron chi connectivity index (χ0n) is 21.6. The van der Waals surface area contributed by atoms with Gasteiger partial charge in [-0.05, 0) is 45.2 Å². The Labute approximate surface area is 210 Å². The van der Waals surface area contributed by atoms with Gasteiger partial charge in [-0.1, -0.05) is 69.7 Å². The Hall–Kier alpha value is -2.03. The quantitative estimate of drug-likeness (QED) is 0.0901. The molecule has 0 radical (unpaired) electrons. The summed E-state index contributed by atoms with van der Waals surface area (Å²) in [6.45, 7) is 9.20. The molecule has 2 aromatic carbocycles. The zero-order valence-corrected chi connectivity index (χ0v) is 21.6. The lowest BCUT2D eigenvalue weighted by atomic mass is 9.89. The van der Waals surface area contributed by atoms with Gasteiger partial charge in [0, 0.05) is 0 Å². The Morgan fingerprint density at radius 3 is 1.61 bits per heavy atom. The van der Waals surface area contributed by atoms with Gasteiger partial charge in [0.2, 0.25) is 5.82 Å². The molecular formula is C28H37F5O3. The predicted molar refractivity (Wildman–Crippen MR) is 130 cm³/mol. The fraction of sp³-hybridized carbons (Fsp3) is 0.571. The van der Waals surface area contributed by atoms with E-state index < -0.39 is 46.5 Å². The van der Waals surface area contributed by atoms with Gasteiger partial charge in [0.25, 0.3) is 5.97 Å². The SMILES string of the molecule is CCCCCCCCC(c1ccc(-c2c(F)c(F)c(F)c(F)c2F)cc1)C(O)(OC(C)C)OC(C)C. The third-order valence-corrected chi connectivity index (χ3v) is 5.91. The van der Waals surface area contributed by atoms with E-state index in [-0.39, 0.29) is 17.8 Å². The van der Waals surface area contributed by atoms with Crippen molar-refractivity contribution in [2.75, 3.05) is 0 Å².